The van der Waals surface area contributed by atoms with E-state index in [9.17, 15) is 4.79 Å². The maximum Gasteiger partial charge on any atom is 0.335 e. The molecule has 1 atom stereocenters. The number of hydrogen-bond donors (Lipinski definition) is 1. The molecule has 94 valence electrons. The molecule has 1 aromatic carbocycles. The Morgan fingerprint density at radius 3 is 3.06 bits per heavy atom. The summed E-state index contributed by atoms with van der Waals surface area (Å²) in [5.41, 5.74) is 1.88. The van der Waals surface area contributed by atoms with Crippen molar-refractivity contribution in [2.75, 3.05) is 6.61 Å². The maximum atomic E-state index is 10.9. The second kappa shape index (κ2) is 4.42. The van der Waals surface area contributed by atoms with Gasteiger partial charge in [0.2, 0.25) is 0 Å². The van der Waals surface area contributed by atoms with E-state index >= 15 is 0 Å². The Hall–Kier alpha value is -1.88. The summed E-state index contributed by atoms with van der Waals surface area (Å²) in [5, 5.41) is 8.94. The number of aromatic carboxylic acids is 1. The molecule has 1 aliphatic heterocycles. The van der Waals surface area contributed by atoms with E-state index in [1.165, 1.54) is 0 Å². The molecule has 0 spiro atoms. The van der Waals surface area contributed by atoms with Gasteiger partial charge in [0.1, 0.15) is 6.23 Å². The molecule has 1 aliphatic rings. The molecule has 3 rings (SSSR count). The summed E-state index contributed by atoms with van der Waals surface area (Å²) < 4.78 is 7.70. The summed E-state index contributed by atoms with van der Waals surface area (Å²) in [5.74, 6) is -0.930. The Balaban J connectivity index is 2.01. The fraction of sp³-hybridized carbons (Fsp3) is 0.385. The first-order valence-electron chi connectivity index (χ1n) is 6.07. The van der Waals surface area contributed by atoms with E-state index in [1.807, 2.05) is 4.57 Å². The highest BCUT2D eigenvalue weighted by atomic mass is 16.5. The SMILES string of the molecule is O=C(O)c1ccc2c(c1)ncn2C1CCCCO1. The van der Waals surface area contributed by atoms with Gasteiger partial charge in [0, 0.05) is 6.61 Å². The number of carboxylic acid groups (broad SMARTS) is 1. The number of hydrogen-bond acceptors (Lipinski definition) is 3. The molecule has 18 heavy (non-hydrogen) atoms. The van der Waals surface area contributed by atoms with Crippen molar-refractivity contribution < 1.29 is 14.6 Å². The highest BCUT2D eigenvalue weighted by Crippen LogP contribution is 2.26. The summed E-state index contributed by atoms with van der Waals surface area (Å²) >= 11 is 0. The highest BCUT2D eigenvalue weighted by molar-refractivity contribution is 5.92. The molecule has 5 heteroatoms. The topological polar surface area (TPSA) is 64.3 Å². The van der Waals surface area contributed by atoms with Gasteiger partial charge in [-0.05, 0) is 37.5 Å². The molecule has 5 nitrogen and oxygen atoms in total. The van der Waals surface area contributed by atoms with E-state index in [-0.39, 0.29) is 11.8 Å². The molecule has 1 unspecified atom stereocenters. The zero-order valence-electron chi connectivity index (χ0n) is 9.87. The lowest BCUT2D eigenvalue weighted by Gasteiger charge is -2.24. The Morgan fingerprint density at radius 1 is 1.44 bits per heavy atom. The fourth-order valence-corrected chi connectivity index (χ4v) is 2.34. The van der Waals surface area contributed by atoms with Crippen LogP contribution in [0, 0.1) is 0 Å². The lowest BCUT2D eigenvalue weighted by molar-refractivity contribution is -0.0295. The molecule has 2 heterocycles. The zero-order chi connectivity index (χ0) is 12.5. The third-order valence-corrected chi connectivity index (χ3v) is 3.29. The van der Waals surface area contributed by atoms with Crippen molar-refractivity contribution >= 4 is 17.0 Å². The third-order valence-electron chi connectivity index (χ3n) is 3.29. The van der Waals surface area contributed by atoms with Crippen LogP contribution >= 0.6 is 0 Å². The smallest absolute Gasteiger partial charge is 0.335 e. The van der Waals surface area contributed by atoms with E-state index in [1.54, 1.807) is 24.5 Å². The van der Waals surface area contributed by atoms with Crippen LogP contribution in [0.25, 0.3) is 11.0 Å². The first-order chi connectivity index (χ1) is 8.75. The van der Waals surface area contributed by atoms with Crippen LogP contribution in [-0.4, -0.2) is 27.2 Å². The van der Waals surface area contributed by atoms with Crippen LogP contribution in [0.5, 0.6) is 0 Å². The molecule has 0 aliphatic carbocycles. The molecule has 2 aromatic rings. The van der Waals surface area contributed by atoms with Gasteiger partial charge in [0.15, 0.2) is 0 Å². The predicted molar refractivity (Wildman–Crippen MR) is 65.5 cm³/mol. The molecule has 1 aromatic heterocycles. The number of aromatic nitrogens is 2. The standard InChI is InChI=1S/C13H14N2O3/c16-13(17)9-4-5-11-10(7-9)14-8-15(11)12-3-1-2-6-18-12/h4-5,7-8,12H,1-3,6H2,(H,16,17). The Morgan fingerprint density at radius 2 is 2.33 bits per heavy atom. The number of benzene rings is 1. The van der Waals surface area contributed by atoms with E-state index in [0.717, 1.165) is 31.4 Å². The first kappa shape index (κ1) is 11.2. The van der Waals surface area contributed by atoms with E-state index in [0.29, 0.717) is 5.52 Å². The van der Waals surface area contributed by atoms with Gasteiger partial charge in [-0.1, -0.05) is 0 Å². The van der Waals surface area contributed by atoms with Crippen LogP contribution in [0.3, 0.4) is 0 Å². The van der Waals surface area contributed by atoms with Crippen LogP contribution in [0.4, 0.5) is 0 Å². The Bertz CT molecular complexity index is 585. The van der Waals surface area contributed by atoms with Gasteiger partial charge < -0.3 is 14.4 Å². The zero-order valence-corrected chi connectivity index (χ0v) is 9.87. The molecular weight excluding hydrogens is 232 g/mol. The summed E-state index contributed by atoms with van der Waals surface area (Å²) in [6.07, 6.45) is 4.99. The first-order valence-corrected chi connectivity index (χ1v) is 6.07. The maximum absolute atomic E-state index is 10.9. The van der Waals surface area contributed by atoms with Gasteiger partial charge in [-0.3, -0.25) is 0 Å². The lowest BCUT2D eigenvalue weighted by Crippen LogP contribution is -2.17. The number of carbonyl (C=O) groups is 1. The van der Waals surface area contributed by atoms with E-state index < -0.39 is 5.97 Å². The van der Waals surface area contributed by atoms with Crippen molar-refractivity contribution in [2.24, 2.45) is 0 Å². The van der Waals surface area contributed by atoms with Gasteiger partial charge in [0.25, 0.3) is 0 Å². The van der Waals surface area contributed by atoms with Gasteiger partial charge >= 0.3 is 5.97 Å². The van der Waals surface area contributed by atoms with Crippen LogP contribution in [0.2, 0.25) is 0 Å². The van der Waals surface area contributed by atoms with Crippen LogP contribution < -0.4 is 0 Å². The van der Waals surface area contributed by atoms with E-state index in [4.69, 9.17) is 9.84 Å². The third kappa shape index (κ3) is 1.86. The van der Waals surface area contributed by atoms with Crippen molar-refractivity contribution in [1.29, 1.82) is 0 Å². The molecule has 1 N–H and O–H groups in total. The van der Waals surface area contributed by atoms with Crippen LogP contribution in [-0.2, 0) is 4.74 Å². The van der Waals surface area contributed by atoms with Gasteiger partial charge in [-0.2, -0.15) is 0 Å². The molecular formula is C13H14N2O3. The summed E-state index contributed by atoms with van der Waals surface area (Å²) in [4.78, 5) is 15.2. The molecule has 0 saturated carbocycles. The molecule has 1 fully saturated rings. The molecule has 0 bridgehead atoms. The number of fused-ring (bicyclic) bond motifs is 1. The quantitative estimate of drug-likeness (QED) is 0.883. The number of imidazole rings is 1. The molecule has 0 amide bonds. The number of carboxylic acids is 1. The van der Waals surface area contributed by atoms with Crippen molar-refractivity contribution in [3.63, 3.8) is 0 Å². The largest absolute Gasteiger partial charge is 0.478 e. The monoisotopic (exact) mass is 246 g/mol. The van der Waals surface area contributed by atoms with Gasteiger partial charge in [0.05, 0.1) is 22.9 Å². The number of rotatable bonds is 2. The van der Waals surface area contributed by atoms with Crippen LogP contribution in [0.1, 0.15) is 35.8 Å². The molecule has 1 saturated heterocycles. The second-order valence-corrected chi connectivity index (χ2v) is 4.48. The normalized spacial score (nSPS) is 20.1. The average molecular weight is 246 g/mol. The van der Waals surface area contributed by atoms with Crippen molar-refractivity contribution in [3.8, 4) is 0 Å². The van der Waals surface area contributed by atoms with Crippen molar-refractivity contribution in [3.05, 3.63) is 30.1 Å². The average Bonchev–Trinajstić information content (AvgIpc) is 2.82. The Kier molecular flexibility index (Phi) is 2.76. The summed E-state index contributed by atoms with van der Waals surface area (Å²) in [6.45, 7) is 0.775. The second-order valence-electron chi connectivity index (χ2n) is 4.48. The van der Waals surface area contributed by atoms with Gasteiger partial charge in [-0.25, -0.2) is 9.78 Å². The minimum Gasteiger partial charge on any atom is -0.478 e. The van der Waals surface area contributed by atoms with Crippen molar-refractivity contribution in [2.45, 2.75) is 25.5 Å². The number of ether oxygens (including phenoxy) is 1. The predicted octanol–water partition coefficient (Wildman–Crippen LogP) is 2.43. The van der Waals surface area contributed by atoms with Crippen molar-refractivity contribution in [1.82, 2.24) is 9.55 Å². The fourth-order valence-electron chi connectivity index (χ4n) is 2.34. The van der Waals surface area contributed by atoms with Gasteiger partial charge in [-0.15, -0.1) is 0 Å². The summed E-state index contributed by atoms with van der Waals surface area (Å²) in [7, 11) is 0. The summed E-state index contributed by atoms with van der Waals surface area (Å²) in [6, 6.07) is 4.99. The minimum absolute atomic E-state index is 0.0272. The van der Waals surface area contributed by atoms with E-state index in [2.05, 4.69) is 4.98 Å². The minimum atomic E-state index is -0.930. The Labute approximate surface area is 104 Å². The van der Waals surface area contributed by atoms with Crippen LogP contribution in [0.15, 0.2) is 24.5 Å². The lowest BCUT2D eigenvalue weighted by atomic mass is 10.1. The molecule has 0 radical (unpaired) electrons. The number of nitrogens with zero attached hydrogens (tertiary/aromatic N) is 2. The highest BCUT2D eigenvalue weighted by Gasteiger charge is 2.18.